The minimum absolute atomic E-state index is 0.175. The van der Waals surface area contributed by atoms with Crippen LogP contribution in [0.3, 0.4) is 0 Å². The molecule has 0 aliphatic carbocycles. The van der Waals surface area contributed by atoms with Gasteiger partial charge >= 0.3 is 0 Å². The van der Waals surface area contributed by atoms with E-state index in [0.717, 1.165) is 24.2 Å². The molecule has 0 bridgehead atoms. The topological polar surface area (TPSA) is 49.6 Å². The van der Waals surface area contributed by atoms with Crippen LogP contribution in [0.15, 0.2) is 6.07 Å². The van der Waals surface area contributed by atoms with Gasteiger partial charge in [0.2, 0.25) is 0 Å². The van der Waals surface area contributed by atoms with Gasteiger partial charge in [0, 0.05) is 11.4 Å². The molecule has 0 radical (unpaired) electrons. The Kier molecular flexibility index (Phi) is 4.42. The van der Waals surface area contributed by atoms with E-state index in [9.17, 15) is 0 Å². The average Bonchev–Trinajstić information content (AvgIpc) is 2.17. The lowest BCUT2D eigenvalue weighted by Crippen LogP contribution is -2.07. The summed E-state index contributed by atoms with van der Waals surface area (Å²) in [6.45, 7) is 8.28. The van der Waals surface area contributed by atoms with Gasteiger partial charge in [0.15, 0.2) is 0 Å². The van der Waals surface area contributed by atoms with Crippen molar-refractivity contribution in [3.63, 3.8) is 0 Å². The minimum atomic E-state index is -0.175. The van der Waals surface area contributed by atoms with Gasteiger partial charge in [-0.05, 0) is 31.7 Å². The van der Waals surface area contributed by atoms with Crippen LogP contribution < -0.4 is 0 Å². The molecule has 0 saturated heterocycles. The van der Waals surface area contributed by atoms with Crippen molar-refractivity contribution in [1.29, 1.82) is 5.26 Å². The first-order valence-electron chi connectivity index (χ1n) is 5.80. The smallest absolute Gasteiger partial charge is 0.145 e. The molecule has 0 aliphatic rings. The predicted molar refractivity (Wildman–Crippen MR) is 64.0 cm³/mol. The largest absolute Gasteiger partial charge is 0.237 e. The highest BCUT2D eigenvalue weighted by molar-refractivity contribution is 5.16. The van der Waals surface area contributed by atoms with Gasteiger partial charge in [0.05, 0.1) is 6.07 Å². The van der Waals surface area contributed by atoms with Gasteiger partial charge in [0.1, 0.15) is 11.7 Å². The standard InChI is InChI=1S/C13H19N3/c1-5-11(8-14)13-15-10(4)7-12(16-13)6-9(2)3/h7,9,11H,5-6H2,1-4H3. The Morgan fingerprint density at radius 1 is 1.38 bits per heavy atom. The maximum atomic E-state index is 9.01. The monoisotopic (exact) mass is 217 g/mol. The molecule has 1 aromatic rings. The van der Waals surface area contributed by atoms with Crippen LogP contribution in [0.1, 0.15) is 50.3 Å². The van der Waals surface area contributed by atoms with Crippen LogP contribution in [0, 0.1) is 24.2 Å². The van der Waals surface area contributed by atoms with E-state index in [-0.39, 0.29) is 5.92 Å². The SMILES string of the molecule is CCC(C#N)c1nc(C)cc(CC(C)C)n1. The fourth-order valence-corrected chi connectivity index (χ4v) is 1.67. The van der Waals surface area contributed by atoms with Crippen LogP contribution in [0.25, 0.3) is 0 Å². The molecular weight excluding hydrogens is 198 g/mol. The van der Waals surface area contributed by atoms with Gasteiger partial charge in [-0.15, -0.1) is 0 Å². The number of nitrogens with zero attached hydrogens (tertiary/aromatic N) is 3. The minimum Gasteiger partial charge on any atom is -0.237 e. The second kappa shape index (κ2) is 5.60. The zero-order valence-electron chi connectivity index (χ0n) is 10.5. The number of rotatable bonds is 4. The maximum absolute atomic E-state index is 9.01. The second-order valence-corrected chi connectivity index (χ2v) is 4.55. The van der Waals surface area contributed by atoms with Gasteiger partial charge in [-0.3, -0.25) is 0 Å². The molecule has 1 aromatic heterocycles. The second-order valence-electron chi connectivity index (χ2n) is 4.55. The summed E-state index contributed by atoms with van der Waals surface area (Å²) < 4.78 is 0. The molecule has 1 heterocycles. The molecule has 3 heteroatoms. The number of hydrogen-bond acceptors (Lipinski definition) is 3. The van der Waals surface area contributed by atoms with Crippen LogP contribution in [0.2, 0.25) is 0 Å². The molecule has 1 unspecified atom stereocenters. The predicted octanol–water partition coefficient (Wildman–Crippen LogP) is 3.00. The van der Waals surface area contributed by atoms with E-state index in [1.807, 2.05) is 19.9 Å². The van der Waals surface area contributed by atoms with Crippen molar-refractivity contribution >= 4 is 0 Å². The molecule has 0 aromatic carbocycles. The summed E-state index contributed by atoms with van der Waals surface area (Å²) in [5, 5.41) is 9.01. The summed E-state index contributed by atoms with van der Waals surface area (Å²) >= 11 is 0. The Bertz CT molecular complexity index is 391. The Morgan fingerprint density at radius 2 is 2.06 bits per heavy atom. The summed E-state index contributed by atoms with van der Waals surface area (Å²) in [4.78, 5) is 8.83. The third kappa shape index (κ3) is 3.30. The number of hydrogen-bond donors (Lipinski definition) is 0. The molecule has 0 spiro atoms. The zero-order valence-corrected chi connectivity index (χ0v) is 10.5. The highest BCUT2D eigenvalue weighted by Gasteiger charge is 2.13. The lowest BCUT2D eigenvalue weighted by atomic mass is 10.1. The lowest BCUT2D eigenvalue weighted by molar-refractivity contribution is 0.623. The third-order valence-electron chi connectivity index (χ3n) is 2.42. The highest BCUT2D eigenvalue weighted by Crippen LogP contribution is 2.16. The first kappa shape index (κ1) is 12.6. The fourth-order valence-electron chi connectivity index (χ4n) is 1.67. The molecule has 0 amide bonds. The molecule has 3 nitrogen and oxygen atoms in total. The molecule has 0 N–H and O–H groups in total. The molecule has 86 valence electrons. The lowest BCUT2D eigenvalue weighted by Gasteiger charge is -2.10. The Balaban J connectivity index is 3.03. The van der Waals surface area contributed by atoms with E-state index in [1.54, 1.807) is 0 Å². The zero-order chi connectivity index (χ0) is 12.1. The van der Waals surface area contributed by atoms with Gasteiger partial charge in [-0.1, -0.05) is 20.8 Å². The number of aromatic nitrogens is 2. The van der Waals surface area contributed by atoms with E-state index < -0.39 is 0 Å². The summed E-state index contributed by atoms with van der Waals surface area (Å²) in [7, 11) is 0. The molecular formula is C13H19N3. The quantitative estimate of drug-likeness (QED) is 0.779. The van der Waals surface area contributed by atoms with Gasteiger partial charge in [-0.25, -0.2) is 9.97 Å². The van der Waals surface area contributed by atoms with Crippen molar-refractivity contribution in [1.82, 2.24) is 9.97 Å². The van der Waals surface area contributed by atoms with E-state index in [2.05, 4.69) is 29.9 Å². The van der Waals surface area contributed by atoms with E-state index in [1.165, 1.54) is 0 Å². The maximum Gasteiger partial charge on any atom is 0.145 e. The molecule has 0 fully saturated rings. The fraction of sp³-hybridized carbons (Fsp3) is 0.615. The van der Waals surface area contributed by atoms with Crippen molar-refractivity contribution in [3.8, 4) is 6.07 Å². The normalized spacial score (nSPS) is 12.5. The van der Waals surface area contributed by atoms with Crippen LogP contribution in [0.4, 0.5) is 0 Å². The van der Waals surface area contributed by atoms with Crippen LogP contribution in [-0.2, 0) is 6.42 Å². The van der Waals surface area contributed by atoms with Crippen LogP contribution >= 0.6 is 0 Å². The summed E-state index contributed by atoms with van der Waals surface area (Å²) in [6.07, 6.45) is 1.71. The van der Waals surface area contributed by atoms with Crippen molar-refractivity contribution in [2.24, 2.45) is 5.92 Å². The Labute approximate surface area is 97.5 Å². The van der Waals surface area contributed by atoms with Gasteiger partial charge in [0.25, 0.3) is 0 Å². The van der Waals surface area contributed by atoms with Gasteiger partial charge in [-0.2, -0.15) is 5.26 Å². The third-order valence-corrected chi connectivity index (χ3v) is 2.42. The van der Waals surface area contributed by atoms with Gasteiger partial charge < -0.3 is 0 Å². The van der Waals surface area contributed by atoms with Crippen molar-refractivity contribution in [2.75, 3.05) is 0 Å². The number of aryl methyl sites for hydroxylation is 1. The summed E-state index contributed by atoms with van der Waals surface area (Å²) in [6, 6.07) is 4.26. The van der Waals surface area contributed by atoms with Crippen molar-refractivity contribution in [3.05, 3.63) is 23.3 Å². The average molecular weight is 217 g/mol. The van der Waals surface area contributed by atoms with E-state index in [4.69, 9.17) is 5.26 Å². The first-order chi connectivity index (χ1) is 7.56. The summed E-state index contributed by atoms with van der Waals surface area (Å²) in [5.41, 5.74) is 2.00. The molecule has 0 saturated carbocycles. The summed E-state index contributed by atoms with van der Waals surface area (Å²) in [5.74, 6) is 1.08. The molecule has 16 heavy (non-hydrogen) atoms. The first-order valence-corrected chi connectivity index (χ1v) is 5.80. The number of nitriles is 1. The van der Waals surface area contributed by atoms with E-state index in [0.29, 0.717) is 11.7 Å². The molecule has 1 atom stereocenters. The Hall–Kier alpha value is -1.43. The molecule has 1 rings (SSSR count). The molecule has 0 aliphatic heterocycles. The van der Waals surface area contributed by atoms with E-state index >= 15 is 0 Å². The van der Waals surface area contributed by atoms with Crippen molar-refractivity contribution < 1.29 is 0 Å². The Morgan fingerprint density at radius 3 is 2.56 bits per heavy atom. The van der Waals surface area contributed by atoms with Crippen LogP contribution in [0.5, 0.6) is 0 Å². The van der Waals surface area contributed by atoms with Crippen molar-refractivity contribution in [2.45, 2.75) is 46.5 Å². The highest BCUT2D eigenvalue weighted by atomic mass is 14.9. The van der Waals surface area contributed by atoms with Crippen LogP contribution in [-0.4, -0.2) is 9.97 Å².